The Hall–Kier alpha value is -3.75. The van der Waals surface area contributed by atoms with Crippen LogP contribution in [0.4, 0.5) is 0 Å². The summed E-state index contributed by atoms with van der Waals surface area (Å²) in [6, 6.07) is 13.0. The number of hydrogen-bond donors (Lipinski definition) is 1. The molecule has 0 bridgehead atoms. The summed E-state index contributed by atoms with van der Waals surface area (Å²) in [7, 11) is 0. The number of aromatic nitrogens is 6. The van der Waals surface area contributed by atoms with Crippen molar-refractivity contribution in [2.75, 3.05) is 0 Å². The van der Waals surface area contributed by atoms with Gasteiger partial charge in [-0.25, -0.2) is 4.68 Å². The van der Waals surface area contributed by atoms with Gasteiger partial charge in [0.05, 0.1) is 23.5 Å². The first-order chi connectivity index (χ1) is 15.5. The second kappa shape index (κ2) is 9.17. The van der Waals surface area contributed by atoms with Gasteiger partial charge in [-0.1, -0.05) is 24.6 Å². The third-order valence-electron chi connectivity index (χ3n) is 5.10. The van der Waals surface area contributed by atoms with E-state index in [1.807, 2.05) is 73.8 Å². The quantitative estimate of drug-likeness (QED) is 0.455. The van der Waals surface area contributed by atoms with Crippen molar-refractivity contribution >= 4 is 11.6 Å². The number of carbonyl (C=O) groups excluding carboxylic acids is 1. The topological polar surface area (TPSA) is 99.2 Å². The van der Waals surface area contributed by atoms with E-state index in [4.69, 9.17) is 4.74 Å². The zero-order chi connectivity index (χ0) is 22.7. The van der Waals surface area contributed by atoms with Crippen LogP contribution in [0.3, 0.4) is 0 Å². The number of hydrogen-bond acceptors (Lipinski definition) is 6. The monoisotopic (exact) mass is 433 g/mol. The van der Waals surface area contributed by atoms with Gasteiger partial charge in [0.25, 0.3) is 5.91 Å². The molecule has 1 amide bonds. The van der Waals surface area contributed by atoms with Crippen molar-refractivity contribution in [2.24, 2.45) is 0 Å². The number of nitrogens with zero attached hydrogens (tertiary/aromatic N) is 6. The van der Waals surface area contributed by atoms with Gasteiger partial charge in [0.2, 0.25) is 0 Å². The van der Waals surface area contributed by atoms with Gasteiger partial charge in [0.1, 0.15) is 5.75 Å². The fourth-order valence-corrected chi connectivity index (χ4v) is 3.60. The van der Waals surface area contributed by atoms with E-state index in [0.717, 1.165) is 29.9 Å². The minimum atomic E-state index is -0.292. The molecule has 1 aromatic carbocycles. The summed E-state index contributed by atoms with van der Waals surface area (Å²) < 4.78 is 9.23. The number of amides is 1. The van der Waals surface area contributed by atoms with Crippen LogP contribution in [0.15, 0.2) is 48.7 Å². The Balaban J connectivity index is 1.56. The molecule has 4 rings (SSSR count). The van der Waals surface area contributed by atoms with E-state index in [2.05, 4.69) is 32.7 Å². The van der Waals surface area contributed by atoms with Crippen LogP contribution in [0.25, 0.3) is 11.3 Å². The number of ether oxygens (including phenoxy) is 1. The van der Waals surface area contributed by atoms with Gasteiger partial charge in [-0.2, -0.15) is 0 Å². The second-order valence-electron chi connectivity index (χ2n) is 7.90. The van der Waals surface area contributed by atoms with Crippen LogP contribution in [0.5, 0.6) is 5.75 Å². The van der Waals surface area contributed by atoms with E-state index in [0.29, 0.717) is 11.5 Å². The van der Waals surface area contributed by atoms with Crippen LogP contribution in [0.2, 0.25) is 0 Å². The van der Waals surface area contributed by atoms with Gasteiger partial charge in [-0.3, -0.25) is 9.20 Å². The summed E-state index contributed by atoms with van der Waals surface area (Å²) in [5, 5.41) is 19.9. The van der Waals surface area contributed by atoms with Crippen molar-refractivity contribution in [3.63, 3.8) is 0 Å². The maximum atomic E-state index is 13.1. The highest BCUT2D eigenvalue weighted by Gasteiger charge is 2.24. The van der Waals surface area contributed by atoms with Crippen LogP contribution < -0.4 is 10.1 Å². The SMILES string of the molecule is CCCC(NC(=O)c1nnn(-c2ccc(OC(C)C)cc2)c1C)c1nnc2ccccn12. The molecule has 0 saturated heterocycles. The highest BCUT2D eigenvalue weighted by molar-refractivity contribution is 5.93. The Bertz CT molecular complexity index is 1210. The van der Waals surface area contributed by atoms with Crippen molar-refractivity contribution in [3.8, 4) is 11.4 Å². The minimum Gasteiger partial charge on any atom is -0.491 e. The summed E-state index contributed by atoms with van der Waals surface area (Å²) >= 11 is 0. The van der Waals surface area contributed by atoms with Crippen LogP contribution >= 0.6 is 0 Å². The zero-order valence-electron chi connectivity index (χ0n) is 18.7. The first-order valence-electron chi connectivity index (χ1n) is 10.8. The molecule has 9 heteroatoms. The fourth-order valence-electron chi connectivity index (χ4n) is 3.60. The first-order valence-corrected chi connectivity index (χ1v) is 10.8. The molecule has 0 aliphatic heterocycles. The molecule has 1 atom stereocenters. The van der Waals surface area contributed by atoms with Gasteiger partial charge in [0, 0.05) is 6.20 Å². The molecule has 166 valence electrons. The molecular formula is C23H27N7O2. The average molecular weight is 434 g/mol. The Morgan fingerprint density at radius 2 is 1.88 bits per heavy atom. The van der Waals surface area contributed by atoms with Crippen LogP contribution in [0, 0.1) is 6.92 Å². The second-order valence-corrected chi connectivity index (χ2v) is 7.90. The van der Waals surface area contributed by atoms with Crippen molar-refractivity contribution in [1.29, 1.82) is 0 Å². The Morgan fingerprint density at radius 1 is 1.09 bits per heavy atom. The standard InChI is InChI=1S/C23H27N7O2/c1-5-8-19(22-27-25-20-9-6-7-14-29(20)22)24-23(31)21-16(4)30(28-26-21)17-10-12-18(13-11-17)32-15(2)3/h6-7,9-15,19H,5,8H2,1-4H3,(H,24,31). The molecule has 1 unspecified atom stereocenters. The molecule has 3 aromatic heterocycles. The molecule has 3 heterocycles. The van der Waals surface area contributed by atoms with Crippen LogP contribution in [0.1, 0.15) is 61.7 Å². The third-order valence-corrected chi connectivity index (χ3v) is 5.10. The number of nitrogens with one attached hydrogen (secondary N) is 1. The molecule has 0 saturated carbocycles. The summed E-state index contributed by atoms with van der Waals surface area (Å²) in [5.41, 5.74) is 2.48. The third kappa shape index (κ3) is 4.32. The van der Waals surface area contributed by atoms with E-state index in [1.54, 1.807) is 4.68 Å². The van der Waals surface area contributed by atoms with Crippen LogP contribution in [-0.4, -0.2) is 41.6 Å². The van der Waals surface area contributed by atoms with E-state index < -0.39 is 0 Å². The molecule has 0 aliphatic rings. The fraction of sp³-hybridized carbons (Fsp3) is 0.348. The van der Waals surface area contributed by atoms with E-state index >= 15 is 0 Å². The summed E-state index contributed by atoms with van der Waals surface area (Å²) in [4.78, 5) is 13.1. The maximum absolute atomic E-state index is 13.1. The molecule has 0 aliphatic carbocycles. The predicted octanol–water partition coefficient (Wildman–Crippen LogP) is 3.68. The van der Waals surface area contributed by atoms with E-state index in [1.165, 1.54) is 0 Å². The number of rotatable bonds is 8. The lowest BCUT2D eigenvalue weighted by molar-refractivity contribution is 0.0926. The zero-order valence-corrected chi connectivity index (χ0v) is 18.7. The number of benzene rings is 1. The lowest BCUT2D eigenvalue weighted by Crippen LogP contribution is -2.30. The van der Waals surface area contributed by atoms with Crippen molar-refractivity contribution in [1.82, 2.24) is 34.9 Å². The van der Waals surface area contributed by atoms with Gasteiger partial charge < -0.3 is 10.1 Å². The molecule has 9 nitrogen and oxygen atoms in total. The Kier molecular flexibility index (Phi) is 6.16. The summed E-state index contributed by atoms with van der Waals surface area (Å²) in [6.45, 7) is 7.86. The number of carbonyl (C=O) groups is 1. The Labute approximate surface area is 186 Å². The van der Waals surface area contributed by atoms with Gasteiger partial charge in [0.15, 0.2) is 17.2 Å². The van der Waals surface area contributed by atoms with Gasteiger partial charge in [-0.15, -0.1) is 15.3 Å². The smallest absolute Gasteiger partial charge is 0.274 e. The maximum Gasteiger partial charge on any atom is 0.274 e. The van der Waals surface area contributed by atoms with E-state index in [-0.39, 0.29) is 23.7 Å². The lowest BCUT2D eigenvalue weighted by Gasteiger charge is -2.16. The van der Waals surface area contributed by atoms with Gasteiger partial charge in [-0.05, 0) is 63.6 Å². The molecule has 1 N–H and O–H groups in total. The van der Waals surface area contributed by atoms with Crippen LogP contribution in [-0.2, 0) is 0 Å². The van der Waals surface area contributed by atoms with Crippen molar-refractivity contribution < 1.29 is 9.53 Å². The average Bonchev–Trinajstić information content (AvgIpc) is 3.37. The predicted molar refractivity (Wildman–Crippen MR) is 120 cm³/mol. The van der Waals surface area contributed by atoms with Crippen molar-refractivity contribution in [2.45, 2.75) is 52.7 Å². The highest BCUT2D eigenvalue weighted by atomic mass is 16.5. The number of pyridine rings is 1. The Morgan fingerprint density at radius 3 is 2.59 bits per heavy atom. The molecule has 4 aromatic rings. The first kappa shape index (κ1) is 21.5. The minimum absolute atomic E-state index is 0.0997. The van der Waals surface area contributed by atoms with Gasteiger partial charge >= 0.3 is 0 Å². The molecule has 32 heavy (non-hydrogen) atoms. The molecule has 0 fully saturated rings. The summed E-state index contributed by atoms with van der Waals surface area (Å²) in [5.74, 6) is 1.18. The molecular weight excluding hydrogens is 406 g/mol. The van der Waals surface area contributed by atoms with E-state index in [9.17, 15) is 4.79 Å². The molecule has 0 radical (unpaired) electrons. The largest absolute Gasteiger partial charge is 0.491 e. The molecule has 0 spiro atoms. The lowest BCUT2D eigenvalue weighted by atomic mass is 10.1. The normalized spacial score (nSPS) is 12.3. The summed E-state index contributed by atoms with van der Waals surface area (Å²) in [6.07, 6.45) is 3.60. The van der Waals surface area contributed by atoms with Crippen molar-refractivity contribution in [3.05, 3.63) is 65.9 Å². The highest BCUT2D eigenvalue weighted by Crippen LogP contribution is 2.21. The number of fused-ring (bicyclic) bond motifs is 1.